The molecule has 5 aromatic rings. The number of nitro groups is 1. The average Bonchev–Trinajstić information content (AvgIpc) is 3.57. The molecule has 5 rings (SSSR count). The average molecular weight is 556 g/mol. The van der Waals surface area contributed by atoms with Gasteiger partial charge in [-0.1, -0.05) is 0 Å². The van der Waals surface area contributed by atoms with E-state index in [0.29, 0.717) is 39.2 Å². The van der Waals surface area contributed by atoms with Gasteiger partial charge in [0.2, 0.25) is 11.0 Å². The first-order valence-electron chi connectivity index (χ1n) is 11.8. The van der Waals surface area contributed by atoms with Gasteiger partial charge in [-0.2, -0.15) is 9.80 Å². The minimum atomic E-state index is -0.501. The number of rotatable bonds is 8. The number of aromatic amines is 1. The Labute approximate surface area is 230 Å². The molecule has 3 aromatic carbocycles. The van der Waals surface area contributed by atoms with Gasteiger partial charge in [0.1, 0.15) is 5.75 Å². The number of thiazole rings is 1. The summed E-state index contributed by atoms with van der Waals surface area (Å²) in [6, 6.07) is 19.8. The van der Waals surface area contributed by atoms with Crippen LogP contribution in [0, 0.1) is 10.1 Å². The van der Waals surface area contributed by atoms with Crippen molar-refractivity contribution >= 4 is 40.0 Å². The molecule has 0 atom stereocenters. The number of H-pyrrole nitrogens is 1. The SMILES string of the molecule is COc1ccc(-c2csc(-n3[nH]c(-c4ccc([N+](=O)[O-])cc4)c(N=Nc4ccc(NC(C)=O)cc4)c3=O)n2)cc1. The molecular weight excluding hydrogens is 534 g/mol. The molecule has 0 radical (unpaired) electrons. The number of methoxy groups -OCH3 is 1. The van der Waals surface area contributed by atoms with Crippen molar-refractivity contribution in [3.8, 4) is 33.4 Å². The molecule has 40 heavy (non-hydrogen) atoms. The van der Waals surface area contributed by atoms with Gasteiger partial charge in [0.15, 0.2) is 5.69 Å². The molecule has 0 saturated heterocycles. The van der Waals surface area contributed by atoms with E-state index in [0.717, 1.165) is 5.56 Å². The van der Waals surface area contributed by atoms with Gasteiger partial charge in [0, 0.05) is 41.3 Å². The molecule has 0 unspecified atom stereocenters. The molecule has 2 heterocycles. The summed E-state index contributed by atoms with van der Waals surface area (Å²) in [7, 11) is 1.59. The number of non-ortho nitro benzene ring substituents is 1. The zero-order chi connectivity index (χ0) is 28.2. The minimum Gasteiger partial charge on any atom is -0.497 e. The lowest BCUT2D eigenvalue weighted by Crippen LogP contribution is -2.13. The molecule has 0 aliphatic heterocycles. The van der Waals surface area contributed by atoms with E-state index in [4.69, 9.17) is 4.74 Å². The molecule has 0 aliphatic carbocycles. The van der Waals surface area contributed by atoms with Crippen LogP contribution in [-0.2, 0) is 4.79 Å². The van der Waals surface area contributed by atoms with Gasteiger partial charge in [-0.3, -0.25) is 24.8 Å². The van der Waals surface area contributed by atoms with Crippen LogP contribution < -0.4 is 15.6 Å². The van der Waals surface area contributed by atoms with Crippen LogP contribution in [0.25, 0.3) is 27.6 Å². The summed E-state index contributed by atoms with van der Waals surface area (Å²) in [5.74, 6) is 0.514. The van der Waals surface area contributed by atoms with Gasteiger partial charge < -0.3 is 10.1 Å². The number of azo groups is 1. The summed E-state index contributed by atoms with van der Waals surface area (Å²) in [4.78, 5) is 40.0. The summed E-state index contributed by atoms with van der Waals surface area (Å²) in [5, 5.41) is 27.5. The second-order valence-electron chi connectivity index (χ2n) is 8.45. The van der Waals surface area contributed by atoms with Crippen molar-refractivity contribution in [2.24, 2.45) is 10.2 Å². The van der Waals surface area contributed by atoms with E-state index in [1.807, 2.05) is 29.6 Å². The number of carbonyl (C=O) groups excluding carboxylic acids is 1. The van der Waals surface area contributed by atoms with Gasteiger partial charge in [-0.15, -0.1) is 16.5 Å². The van der Waals surface area contributed by atoms with E-state index in [-0.39, 0.29) is 17.3 Å². The molecular formula is C27H21N7O5S. The van der Waals surface area contributed by atoms with Gasteiger partial charge in [0.05, 0.1) is 29.1 Å². The fraction of sp³-hybridized carbons (Fsp3) is 0.0741. The van der Waals surface area contributed by atoms with Crippen LogP contribution in [0.3, 0.4) is 0 Å². The predicted octanol–water partition coefficient (Wildman–Crippen LogP) is 6.25. The Kier molecular flexibility index (Phi) is 7.29. The molecule has 0 bridgehead atoms. The Balaban J connectivity index is 1.54. The van der Waals surface area contributed by atoms with E-state index >= 15 is 0 Å². The first kappa shape index (κ1) is 26.2. The summed E-state index contributed by atoms with van der Waals surface area (Å²) in [6.45, 7) is 1.41. The van der Waals surface area contributed by atoms with Crippen molar-refractivity contribution in [2.75, 3.05) is 12.4 Å². The number of amides is 1. The van der Waals surface area contributed by atoms with Crippen LogP contribution in [0.4, 0.5) is 22.7 Å². The monoisotopic (exact) mass is 555 g/mol. The molecule has 12 nitrogen and oxygen atoms in total. The largest absolute Gasteiger partial charge is 0.497 e. The van der Waals surface area contributed by atoms with Gasteiger partial charge in [-0.25, -0.2) is 4.98 Å². The maximum absolute atomic E-state index is 13.5. The third-order valence-electron chi connectivity index (χ3n) is 5.76. The summed E-state index contributed by atoms with van der Waals surface area (Å²) in [5.41, 5.74) is 2.80. The Morgan fingerprint density at radius 2 is 1.70 bits per heavy atom. The van der Waals surface area contributed by atoms with E-state index in [2.05, 4.69) is 25.6 Å². The first-order valence-corrected chi connectivity index (χ1v) is 12.7. The fourth-order valence-corrected chi connectivity index (χ4v) is 4.58. The van der Waals surface area contributed by atoms with E-state index < -0.39 is 10.5 Å². The lowest BCUT2D eigenvalue weighted by molar-refractivity contribution is -0.384. The zero-order valence-corrected chi connectivity index (χ0v) is 22.0. The second-order valence-corrected chi connectivity index (χ2v) is 9.29. The molecule has 0 spiro atoms. The molecule has 2 N–H and O–H groups in total. The first-order chi connectivity index (χ1) is 19.3. The summed E-state index contributed by atoms with van der Waals surface area (Å²) >= 11 is 1.26. The molecule has 200 valence electrons. The van der Waals surface area contributed by atoms with Crippen LogP contribution in [0.2, 0.25) is 0 Å². The topological polar surface area (TPSA) is 157 Å². The number of nitrogens with one attached hydrogen (secondary N) is 2. The van der Waals surface area contributed by atoms with Crippen LogP contribution in [-0.4, -0.2) is 32.7 Å². The van der Waals surface area contributed by atoms with Gasteiger partial charge in [0.25, 0.3) is 5.69 Å². The highest BCUT2D eigenvalue weighted by Crippen LogP contribution is 2.31. The second kappa shape index (κ2) is 11.1. The molecule has 1 amide bonds. The van der Waals surface area contributed by atoms with E-state index in [9.17, 15) is 19.7 Å². The number of hydrogen-bond donors (Lipinski definition) is 2. The van der Waals surface area contributed by atoms with Crippen molar-refractivity contribution in [1.29, 1.82) is 0 Å². The van der Waals surface area contributed by atoms with Crippen molar-refractivity contribution in [3.63, 3.8) is 0 Å². The summed E-state index contributed by atoms with van der Waals surface area (Å²) < 4.78 is 6.47. The highest BCUT2D eigenvalue weighted by atomic mass is 32.1. The third kappa shape index (κ3) is 5.54. The van der Waals surface area contributed by atoms with E-state index in [1.165, 1.54) is 47.2 Å². The van der Waals surface area contributed by atoms with Crippen molar-refractivity contribution in [1.82, 2.24) is 14.8 Å². The van der Waals surface area contributed by atoms with Crippen molar-refractivity contribution in [2.45, 2.75) is 6.92 Å². The fourth-order valence-electron chi connectivity index (χ4n) is 3.79. The Morgan fingerprint density at radius 3 is 2.33 bits per heavy atom. The number of hydrogen-bond acceptors (Lipinski definition) is 9. The van der Waals surface area contributed by atoms with Crippen LogP contribution >= 0.6 is 11.3 Å². The minimum absolute atomic E-state index is 0.000915. The van der Waals surface area contributed by atoms with Crippen LogP contribution in [0.15, 0.2) is 93.2 Å². The number of ether oxygens (including phenoxy) is 1. The number of benzene rings is 3. The smallest absolute Gasteiger partial charge is 0.301 e. The maximum Gasteiger partial charge on any atom is 0.301 e. The summed E-state index contributed by atoms with van der Waals surface area (Å²) in [6.07, 6.45) is 0. The standard InChI is InChI=1S/C27H21N7O5S/c1-16(35)28-19-7-9-20(10-8-19)30-31-25-24(18-3-11-21(12-4-18)34(37)38)32-33(26(25)36)27-29-23(15-40-27)17-5-13-22(39-2)14-6-17/h3-15,32H,1-2H3,(H,28,35). The predicted molar refractivity (Wildman–Crippen MR) is 151 cm³/mol. The number of carbonyl (C=O) groups is 1. The third-order valence-corrected chi connectivity index (χ3v) is 6.58. The maximum atomic E-state index is 13.5. The van der Waals surface area contributed by atoms with Crippen molar-refractivity contribution in [3.05, 3.63) is 98.6 Å². The molecule has 0 fully saturated rings. The Hall–Kier alpha value is -5.43. The van der Waals surface area contributed by atoms with Crippen molar-refractivity contribution < 1.29 is 14.5 Å². The van der Waals surface area contributed by atoms with E-state index in [1.54, 1.807) is 31.4 Å². The highest BCUT2D eigenvalue weighted by molar-refractivity contribution is 7.12. The zero-order valence-electron chi connectivity index (χ0n) is 21.2. The van der Waals surface area contributed by atoms with Crippen LogP contribution in [0.5, 0.6) is 5.75 Å². The molecule has 0 aliphatic rings. The van der Waals surface area contributed by atoms with Gasteiger partial charge in [-0.05, 0) is 60.7 Å². The van der Waals surface area contributed by atoms with Crippen LogP contribution in [0.1, 0.15) is 6.92 Å². The number of nitro benzene ring substituents is 1. The molecule has 13 heteroatoms. The lowest BCUT2D eigenvalue weighted by atomic mass is 10.1. The highest BCUT2D eigenvalue weighted by Gasteiger charge is 2.20. The van der Waals surface area contributed by atoms with Gasteiger partial charge >= 0.3 is 5.56 Å². The lowest BCUT2D eigenvalue weighted by Gasteiger charge is -2.01. The molecule has 2 aromatic heterocycles. The molecule has 0 saturated carbocycles. The quantitative estimate of drug-likeness (QED) is 0.131. The Bertz CT molecular complexity index is 1770. The number of aromatic nitrogens is 3. The number of nitrogens with zero attached hydrogens (tertiary/aromatic N) is 5. The normalized spacial score (nSPS) is 11.1. The Morgan fingerprint density at radius 1 is 1.02 bits per heavy atom. The number of anilines is 1.